The van der Waals surface area contributed by atoms with Crippen molar-refractivity contribution in [3.05, 3.63) is 89.0 Å². The minimum atomic E-state index is -3.66. The Morgan fingerprint density at radius 1 is 0.946 bits per heavy atom. The van der Waals surface area contributed by atoms with Crippen molar-refractivity contribution >= 4 is 10.0 Å². The molecule has 0 amide bonds. The normalized spacial score (nSPS) is 23.1. The zero-order valence-electron chi connectivity index (χ0n) is 21.1. The Balaban J connectivity index is 1.44. The van der Waals surface area contributed by atoms with Gasteiger partial charge in [-0.15, -0.1) is 0 Å². The first-order valence-electron chi connectivity index (χ1n) is 12.7. The van der Waals surface area contributed by atoms with Gasteiger partial charge >= 0.3 is 0 Å². The van der Waals surface area contributed by atoms with Crippen molar-refractivity contribution < 1.29 is 22.3 Å². The number of sulfonamides is 1. The lowest BCUT2D eigenvalue weighted by molar-refractivity contribution is -0.0553. The third-order valence-electron chi connectivity index (χ3n) is 7.99. The Kier molecular flexibility index (Phi) is 7.20. The predicted octanol–water partition coefficient (Wildman–Crippen LogP) is 4.86. The number of rotatable bonds is 5. The van der Waals surface area contributed by atoms with E-state index in [4.69, 9.17) is 0 Å². The van der Waals surface area contributed by atoms with E-state index in [9.17, 15) is 22.3 Å². The maximum absolute atomic E-state index is 14.1. The Bertz CT molecular complexity index is 1390. The van der Waals surface area contributed by atoms with Crippen LogP contribution in [0.1, 0.15) is 35.4 Å². The molecule has 5 nitrogen and oxygen atoms in total. The summed E-state index contributed by atoms with van der Waals surface area (Å²) < 4.78 is 56.6. The lowest BCUT2D eigenvalue weighted by Gasteiger charge is -2.57. The van der Waals surface area contributed by atoms with Gasteiger partial charge in [-0.25, -0.2) is 17.2 Å². The van der Waals surface area contributed by atoms with E-state index in [1.54, 1.807) is 29.4 Å². The maximum atomic E-state index is 14.1. The molecule has 1 unspecified atom stereocenters. The fourth-order valence-electron chi connectivity index (χ4n) is 5.96. The van der Waals surface area contributed by atoms with E-state index in [0.717, 1.165) is 42.1 Å². The van der Waals surface area contributed by atoms with E-state index in [1.807, 2.05) is 43.3 Å². The molecular formula is C29H32F2N2O3S. The molecule has 0 saturated carbocycles. The summed E-state index contributed by atoms with van der Waals surface area (Å²) in [6.07, 6.45) is 1.62. The van der Waals surface area contributed by atoms with E-state index in [2.05, 4.69) is 4.90 Å². The number of nitrogens with zero attached hydrogens (tertiary/aromatic N) is 2. The van der Waals surface area contributed by atoms with Crippen molar-refractivity contribution in [1.29, 1.82) is 0 Å². The van der Waals surface area contributed by atoms with Crippen LogP contribution in [0, 0.1) is 25.5 Å². The Morgan fingerprint density at radius 2 is 1.65 bits per heavy atom. The van der Waals surface area contributed by atoms with Crippen molar-refractivity contribution in [1.82, 2.24) is 9.21 Å². The number of benzene rings is 3. The molecule has 2 heterocycles. The highest BCUT2D eigenvalue weighted by atomic mass is 32.2. The van der Waals surface area contributed by atoms with Crippen LogP contribution in [0.4, 0.5) is 8.78 Å². The molecule has 0 aliphatic carbocycles. The fraction of sp³-hybridized carbons (Fsp3) is 0.379. The topological polar surface area (TPSA) is 60.9 Å². The summed E-state index contributed by atoms with van der Waals surface area (Å²) in [6.45, 7) is 4.99. The van der Waals surface area contributed by atoms with Crippen LogP contribution in [0.15, 0.2) is 65.6 Å². The third kappa shape index (κ3) is 4.61. The van der Waals surface area contributed by atoms with E-state index in [-0.39, 0.29) is 30.2 Å². The zero-order chi connectivity index (χ0) is 26.3. The van der Waals surface area contributed by atoms with Crippen LogP contribution in [0.2, 0.25) is 0 Å². The highest BCUT2D eigenvalue weighted by molar-refractivity contribution is 7.89. The summed E-state index contributed by atoms with van der Waals surface area (Å²) in [6, 6.07) is 17.3. The van der Waals surface area contributed by atoms with E-state index >= 15 is 0 Å². The largest absolute Gasteiger partial charge is 0.395 e. The van der Waals surface area contributed by atoms with Gasteiger partial charge in [-0.05, 0) is 73.2 Å². The minimum absolute atomic E-state index is 0.0181. The summed E-state index contributed by atoms with van der Waals surface area (Å²) in [4.78, 5) is 2.57. The average Bonchev–Trinajstić information content (AvgIpc) is 2.87. The van der Waals surface area contributed by atoms with Crippen molar-refractivity contribution in [2.24, 2.45) is 0 Å². The first kappa shape index (κ1) is 26.0. The summed E-state index contributed by atoms with van der Waals surface area (Å²) in [5, 5.41) is 10.2. The van der Waals surface area contributed by atoms with Crippen LogP contribution in [-0.2, 0) is 10.0 Å². The number of fused-ring (bicyclic) bond motifs is 1. The van der Waals surface area contributed by atoms with E-state index in [0.29, 0.717) is 23.5 Å². The lowest BCUT2D eigenvalue weighted by atomic mass is 9.74. The third-order valence-corrected chi connectivity index (χ3v) is 10.0. The predicted molar refractivity (Wildman–Crippen MR) is 140 cm³/mol. The molecule has 5 rings (SSSR count). The van der Waals surface area contributed by atoms with E-state index < -0.39 is 21.7 Å². The molecule has 0 bridgehead atoms. The van der Waals surface area contributed by atoms with Gasteiger partial charge in [0.2, 0.25) is 10.0 Å². The molecule has 2 aliphatic heterocycles. The second kappa shape index (κ2) is 10.3. The van der Waals surface area contributed by atoms with Gasteiger partial charge in [0.25, 0.3) is 0 Å². The fourth-order valence-corrected chi connectivity index (χ4v) is 7.68. The Hall–Kier alpha value is -2.65. The van der Waals surface area contributed by atoms with Gasteiger partial charge < -0.3 is 5.11 Å². The minimum Gasteiger partial charge on any atom is -0.395 e. The second-order valence-electron chi connectivity index (χ2n) is 10.1. The molecule has 1 N–H and O–H groups in total. The maximum Gasteiger partial charge on any atom is 0.243 e. The van der Waals surface area contributed by atoms with Crippen LogP contribution in [0.3, 0.4) is 0 Å². The second-order valence-corrected chi connectivity index (χ2v) is 12.0. The summed E-state index contributed by atoms with van der Waals surface area (Å²) in [5.41, 5.74) is 3.38. The number of hydrogen-bond acceptors (Lipinski definition) is 4. The van der Waals surface area contributed by atoms with E-state index in [1.165, 1.54) is 0 Å². The molecule has 2 aliphatic rings. The van der Waals surface area contributed by atoms with Crippen LogP contribution >= 0.6 is 0 Å². The van der Waals surface area contributed by atoms with Gasteiger partial charge in [-0.3, -0.25) is 4.90 Å². The smallest absolute Gasteiger partial charge is 0.243 e. The van der Waals surface area contributed by atoms with Gasteiger partial charge in [-0.1, -0.05) is 48.5 Å². The highest BCUT2D eigenvalue weighted by Gasteiger charge is 2.50. The van der Waals surface area contributed by atoms with Crippen LogP contribution in [-0.4, -0.2) is 61.1 Å². The standard InChI is InChI=1S/C29H32F2N2O3S/c1-19-7-3-4-8-27(19)37(35,36)32-15-5-6-16-33-25(17-32)28(26(33)18-34)22-11-9-21(10-12-22)23-13-14-24(30)29(31)20(23)2/h3-4,7-14,25-26,28,34H,5-6,15-18H2,1-2H3/t25-,26?,28-/m0/s1. The molecule has 0 spiro atoms. The molecule has 3 atom stereocenters. The molecular weight excluding hydrogens is 494 g/mol. The van der Waals surface area contributed by atoms with Crippen molar-refractivity contribution in [3.63, 3.8) is 0 Å². The Labute approximate surface area is 217 Å². The molecule has 3 aromatic carbocycles. The average molecular weight is 527 g/mol. The first-order valence-corrected chi connectivity index (χ1v) is 14.2. The molecule has 2 fully saturated rings. The van der Waals surface area contributed by atoms with Gasteiger partial charge in [0.15, 0.2) is 11.6 Å². The van der Waals surface area contributed by atoms with Crippen molar-refractivity contribution in [2.45, 2.75) is 49.6 Å². The monoisotopic (exact) mass is 526 g/mol. The number of aryl methyl sites for hydroxylation is 1. The van der Waals surface area contributed by atoms with Gasteiger partial charge in [0.05, 0.1) is 11.5 Å². The molecule has 0 aromatic heterocycles. The number of halogens is 2. The number of aliphatic hydroxyl groups excluding tert-OH is 1. The van der Waals surface area contributed by atoms with Gasteiger partial charge in [0, 0.05) is 31.1 Å². The first-order chi connectivity index (χ1) is 17.7. The molecule has 37 heavy (non-hydrogen) atoms. The summed E-state index contributed by atoms with van der Waals surface area (Å²) >= 11 is 0. The van der Waals surface area contributed by atoms with Gasteiger partial charge in [-0.2, -0.15) is 4.31 Å². The molecule has 196 valence electrons. The number of hydrogen-bond donors (Lipinski definition) is 1. The molecule has 0 radical (unpaired) electrons. The highest BCUT2D eigenvalue weighted by Crippen LogP contribution is 2.43. The van der Waals surface area contributed by atoms with Crippen LogP contribution in [0.25, 0.3) is 11.1 Å². The summed E-state index contributed by atoms with van der Waals surface area (Å²) in [5.74, 6) is -1.76. The lowest BCUT2D eigenvalue weighted by Crippen LogP contribution is -2.67. The van der Waals surface area contributed by atoms with Crippen molar-refractivity contribution in [2.75, 3.05) is 26.2 Å². The molecule has 2 saturated heterocycles. The molecule has 8 heteroatoms. The summed E-state index contributed by atoms with van der Waals surface area (Å²) in [7, 11) is -3.66. The van der Waals surface area contributed by atoms with Crippen molar-refractivity contribution in [3.8, 4) is 11.1 Å². The zero-order valence-corrected chi connectivity index (χ0v) is 21.9. The number of aliphatic hydroxyl groups is 1. The Morgan fingerprint density at radius 3 is 2.35 bits per heavy atom. The molecule has 3 aromatic rings. The van der Waals surface area contributed by atoms with Crippen LogP contribution < -0.4 is 0 Å². The SMILES string of the molecule is Cc1ccccc1S(=O)(=O)N1CCCCN2C(CO)[C@@H](c3ccc(-c4ccc(F)c(F)c4C)cc3)[C@@H]2C1. The van der Waals surface area contributed by atoms with Gasteiger partial charge in [0.1, 0.15) is 0 Å². The quantitative estimate of drug-likeness (QED) is 0.516. The van der Waals surface area contributed by atoms with Crippen LogP contribution in [0.5, 0.6) is 0 Å².